The highest BCUT2D eigenvalue weighted by atomic mass is 35.5. The van der Waals surface area contributed by atoms with Crippen molar-refractivity contribution in [3.05, 3.63) is 97.4 Å². The summed E-state index contributed by atoms with van der Waals surface area (Å²) < 4.78 is 6.95. The van der Waals surface area contributed by atoms with Crippen LogP contribution in [0.3, 0.4) is 0 Å². The summed E-state index contributed by atoms with van der Waals surface area (Å²) in [5.41, 5.74) is 0.553. The van der Waals surface area contributed by atoms with Crippen LogP contribution in [0.25, 0.3) is 29.7 Å². The number of nitrogens with zero attached hydrogens (tertiary/aromatic N) is 1. The molecule has 0 saturated heterocycles. The SMILES string of the molecule is C=c1[nH]n(-c2ccc(Cl)c(C(=O)O)c2)c(=O)/c1=C\c1ccc(-c2ccc(C(=O)O)cc2)o1. The lowest BCUT2D eigenvalue weighted by atomic mass is 10.1. The van der Waals surface area contributed by atoms with Crippen molar-refractivity contribution in [3.63, 3.8) is 0 Å². The summed E-state index contributed by atoms with van der Waals surface area (Å²) in [6.45, 7) is 3.84. The maximum atomic E-state index is 12.9. The van der Waals surface area contributed by atoms with Crippen LogP contribution in [0.2, 0.25) is 5.02 Å². The number of hydrogen-bond donors (Lipinski definition) is 3. The number of aromatic amines is 1. The lowest BCUT2D eigenvalue weighted by molar-refractivity contribution is 0.0686. The van der Waals surface area contributed by atoms with Crippen molar-refractivity contribution in [3.8, 4) is 17.0 Å². The van der Waals surface area contributed by atoms with Gasteiger partial charge in [-0.15, -0.1) is 0 Å². The highest BCUT2D eigenvalue weighted by Gasteiger charge is 2.13. The first kappa shape index (κ1) is 21.0. The summed E-state index contributed by atoms with van der Waals surface area (Å²) in [5, 5.41) is 21.7. The van der Waals surface area contributed by atoms with E-state index in [1.54, 1.807) is 24.3 Å². The molecule has 3 N–H and O–H groups in total. The van der Waals surface area contributed by atoms with Crippen LogP contribution in [0, 0.1) is 0 Å². The zero-order chi connectivity index (χ0) is 23.0. The van der Waals surface area contributed by atoms with Crippen molar-refractivity contribution >= 4 is 36.2 Å². The first-order valence-corrected chi connectivity index (χ1v) is 9.61. The molecule has 160 valence electrons. The molecule has 32 heavy (non-hydrogen) atoms. The van der Waals surface area contributed by atoms with E-state index in [0.29, 0.717) is 28.1 Å². The highest BCUT2D eigenvalue weighted by molar-refractivity contribution is 6.33. The van der Waals surface area contributed by atoms with E-state index >= 15 is 0 Å². The molecule has 0 amide bonds. The third-order valence-corrected chi connectivity index (χ3v) is 5.10. The van der Waals surface area contributed by atoms with Crippen LogP contribution in [-0.2, 0) is 0 Å². The minimum absolute atomic E-state index is 0.0574. The Labute approximate surface area is 184 Å². The average Bonchev–Trinajstić information content (AvgIpc) is 3.34. The third-order valence-electron chi connectivity index (χ3n) is 4.77. The molecule has 2 aromatic heterocycles. The molecular weight excluding hydrogens is 436 g/mol. The van der Waals surface area contributed by atoms with E-state index in [4.69, 9.17) is 21.1 Å². The van der Waals surface area contributed by atoms with E-state index in [1.807, 2.05) is 0 Å². The zero-order valence-electron chi connectivity index (χ0n) is 16.3. The van der Waals surface area contributed by atoms with E-state index in [9.17, 15) is 19.5 Å². The van der Waals surface area contributed by atoms with E-state index < -0.39 is 17.5 Å². The fourth-order valence-corrected chi connectivity index (χ4v) is 3.35. The molecule has 0 aliphatic carbocycles. The fraction of sp³-hybridized carbons (Fsp3) is 0. The number of halogens is 1. The van der Waals surface area contributed by atoms with Gasteiger partial charge in [0.2, 0.25) is 0 Å². The quantitative estimate of drug-likeness (QED) is 0.429. The van der Waals surface area contributed by atoms with Crippen LogP contribution in [0.4, 0.5) is 0 Å². The van der Waals surface area contributed by atoms with E-state index in [-0.39, 0.29) is 21.4 Å². The minimum atomic E-state index is -1.21. The molecule has 4 rings (SSSR count). The standard InChI is InChI=1S/C23H15ClN2O6/c1-12-17(21(27)26(25-12)15-6-8-19(24)18(10-15)23(30)31)11-16-7-9-20(32-16)13-2-4-14(5-3-13)22(28)29/h2-11,25H,1H2,(H,28,29)(H,30,31)/b17-11-. The normalized spacial score (nSPS) is 11.6. The van der Waals surface area contributed by atoms with Gasteiger partial charge in [0.1, 0.15) is 11.5 Å². The van der Waals surface area contributed by atoms with Crippen LogP contribution < -0.4 is 16.1 Å². The Morgan fingerprint density at radius 2 is 1.75 bits per heavy atom. The highest BCUT2D eigenvalue weighted by Crippen LogP contribution is 2.23. The Morgan fingerprint density at radius 1 is 1.03 bits per heavy atom. The topological polar surface area (TPSA) is 126 Å². The zero-order valence-corrected chi connectivity index (χ0v) is 17.1. The summed E-state index contributed by atoms with van der Waals surface area (Å²) in [4.78, 5) is 35.2. The second-order valence-electron chi connectivity index (χ2n) is 6.84. The Bertz CT molecular complexity index is 1530. The van der Waals surface area contributed by atoms with Gasteiger partial charge in [-0.2, -0.15) is 0 Å². The van der Waals surface area contributed by atoms with Gasteiger partial charge in [0, 0.05) is 5.56 Å². The first-order valence-electron chi connectivity index (χ1n) is 9.23. The van der Waals surface area contributed by atoms with Gasteiger partial charge in [0.25, 0.3) is 5.56 Å². The number of carboxylic acids is 2. The maximum absolute atomic E-state index is 12.9. The van der Waals surface area contributed by atoms with Crippen LogP contribution >= 0.6 is 11.6 Å². The molecule has 0 spiro atoms. The number of H-pyrrole nitrogens is 1. The molecule has 9 heteroatoms. The summed E-state index contributed by atoms with van der Waals surface area (Å²) in [6, 6.07) is 13.8. The van der Waals surface area contributed by atoms with Crippen molar-refractivity contribution in [2.45, 2.75) is 0 Å². The summed E-state index contributed by atoms with van der Waals surface area (Å²) >= 11 is 5.90. The van der Waals surface area contributed by atoms with Crippen LogP contribution in [0.5, 0.6) is 0 Å². The van der Waals surface area contributed by atoms with Crippen LogP contribution in [0.15, 0.2) is 63.8 Å². The smallest absolute Gasteiger partial charge is 0.337 e. The van der Waals surface area contributed by atoms with Gasteiger partial charge in [0.15, 0.2) is 0 Å². The Balaban J connectivity index is 1.73. The van der Waals surface area contributed by atoms with E-state index in [0.717, 1.165) is 0 Å². The molecule has 0 atom stereocenters. The number of rotatable bonds is 5. The Kier molecular flexibility index (Phi) is 5.29. The number of carboxylic acid groups (broad SMARTS) is 2. The second kappa shape index (κ2) is 8.09. The number of aromatic carboxylic acids is 2. The van der Waals surface area contributed by atoms with Crippen molar-refractivity contribution in [2.24, 2.45) is 0 Å². The Morgan fingerprint density at radius 3 is 2.41 bits per heavy atom. The summed E-state index contributed by atoms with van der Waals surface area (Å²) in [6.07, 6.45) is 1.51. The molecule has 0 radical (unpaired) electrons. The second-order valence-corrected chi connectivity index (χ2v) is 7.25. The lowest BCUT2D eigenvalue weighted by Crippen LogP contribution is -2.33. The number of aromatic nitrogens is 2. The van der Waals surface area contributed by atoms with Gasteiger partial charge in [-0.1, -0.05) is 30.3 Å². The maximum Gasteiger partial charge on any atom is 0.337 e. The van der Waals surface area contributed by atoms with Gasteiger partial charge in [-0.25, -0.2) is 14.3 Å². The molecule has 2 heterocycles. The first-order chi connectivity index (χ1) is 15.2. The molecule has 0 saturated carbocycles. The van der Waals surface area contributed by atoms with Gasteiger partial charge < -0.3 is 14.6 Å². The molecule has 0 aliphatic heterocycles. The fourth-order valence-electron chi connectivity index (χ4n) is 3.15. The van der Waals surface area contributed by atoms with E-state index in [2.05, 4.69) is 11.7 Å². The van der Waals surface area contributed by atoms with E-state index in [1.165, 1.54) is 41.1 Å². The number of carbonyl (C=O) groups is 2. The summed E-state index contributed by atoms with van der Waals surface area (Å²) in [5.74, 6) is -1.35. The predicted molar refractivity (Wildman–Crippen MR) is 118 cm³/mol. The van der Waals surface area contributed by atoms with Gasteiger partial charge in [-0.3, -0.25) is 9.89 Å². The molecule has 0 bridgehead atoms. The molecule has 8 nitrogen and oxygen atoms in total. The molecule has 0 aliphatic rings. The van der Waals surface area contributed by atoms with Gasteiger partial charge in [0.05, 0.1) is 32.4 Å². The van der Waals surface area contributed by atoms with Gasteiger partial charge in [-0.05, 0) is 48.5 Å². The third kappa shape index (κ3) is 3.86. The average molecular weight is 451 g/mol. The van der Waals surface area contributed by atoms with Crippen molar-refractivity contribution in [1.29, 1.82) is 0 Å². The predicted octanol–water partition coefficient (Wildman–Crippen LogP) is 2.71. The van der Waals surface area contributed by atoms with Gasteiger partial charge >= 0.3 is 11.9 Å². The molecule has 0 fully saturated rings. The largest absolute Gasteiger partial charge is 0.478 e. The van der Waals surface area contributed by atoms with Crippen LogP contribution in [-0.4, -0.2) is 31.9 Å². The van der Waals surface area contributed by atoms with Crippen LogP contribution in [0.1, 0.15) is 26.5 Å². The summed E-state index contributed by atoms with van der Waals surface area (Å²) in [7, 11) is 0. The molecule has 4 aromatic rings. The molecular formula is C23H15ClN2O6. The molecule has 0 unspecified atom stereocenters. The van der Waals surface area contributed by atoms with Crippen molar-refractivity contribution in [1.82, 2.24) is 9.78 Å². The number of furan rings is 1. The monoisotopic (exact) mass is 450 g/mol. The number of benzene rings is 2. The lowest BCUT2D eigenvalue weighted by Gasteiger charge is -2.04. The number of nitrogens with one attached hydrogen (secondary N) is 1. The minimum Gasteiger partial charge on any atom is -0.478 e. The van der Waals surface area contributed by atoms with Crippen molar-refractivity contribution in [2.75, 3.05) is 0 Å². The Hall–Kier alpha value is -4.30. The number of hydrogen-bond acceptors (Lipinski definition) is 4. The van der Waals surface area contributed by atoms with Crippen molar-refractivity contribution < 1.29 is 24.2 Å². The molecule has 2 aromatic carbocycles.